The summed E-state index contributed by atoms with van der Waals surface area (Å²) in [7, 11) is 0. The summed E-state index contributed by atoms with van der Waals surface area (Å²) in [6.45, 7) is 5.67. The Kier molecular flexibility index (Phi) is 4.82. The number of carbonyl (C=O) groups excluding carboxylic acids is 1. The fourth-order valence-electron chi connectivity index (χ4n) is 1.39. The number of H-pyrrole nitrogens is 1. The minimum Gasteiger partial charge on any atom is -0.481 e. The van der Waals surface area contributed by atoms with Crippen LogP contribution in [0.3, 0.4) is 0 Å². The van der Waals surface area contributed by atoms with Crippen molar-refractivity contribution in [3.05, 3.63) is 11.6 Å². The van der Waals surface area contributed by atoms with Crippen molar-refractivity contribution >= 4 is 11.9 Å². The van der Waals surface area contributed by atoms with Crippen LogP contribution in [0.15, 0.2) is 0 Å². The Balaban J connectivity index is 2.65. The molecule has 7 heteroatoms. The lowest BCUT2D eigenvalue weighted by atomic mass is 10.1. The van der Waals surface area contributed by atoms with Crippen LogP contribution in [0.1, 0.15) is 56.0 Å². The zero-order valence-electron chi connectivity index (χ0n) is 10.7. The van der Waals surface area contributed by atoms with Crippen LogP contribution in [-0.4, -0.2) is 38.2 Å². The van der Waals surface area contributed by atoms with Gasteiger partial charge in [-0.3, -0.25) is 14.7 Å². The van der Waals surface area contributed by atoms with E-state index in [1.165, 1.54) is 0 Å². The van der Waals surface area contributed by atoms with E-state index in [4.69, 9.17) is 5.11 Å². The largest absolute Gasteiger partial charge is 0.481 e. The topological polar surface area (TPSA) is 108 Å². The molecule has 0 aliphatic carbocycles. The minimum atomic E-state index is -0.944. The van der Waals surface area contributed by atoms with Gasteiger partial charge in [-0.2, -0.15) is 0 Å². The second-order valence-corrected chi connectivity index (χ2v) is 4.38. The van der Waals surface area contributed by atoms with E-state index in [1.54, 1.807) is 0 Å². The van der Waals surface area contributed by atoms with E-state index in [0.29, 0.717) is 12.2 Å². The zero-order chi connectivity index (χ0) is 13.7. The van der Waals surface area contributed by atoms with Crippen LogP contribution in [0.2, 0.25) is 0 Å². The predicted octanol–water partition coefficient (Wildman–Crippen LogP) is 0.911. The zero-order valence-corrected chi connectivity index (χ0v) is 10.7. The van der Waals surface area contributed by atoms with Gasteiger partial charge in [-0.1, -0.05) is 20.8 Å². The Morgan fingerprint density at radius 2 is 2.11 bits per heavy atom. The van der Waals surface area contributed by atoms with Crippen molar-refractivity contribution in [2.45, 2.75) is 45.6 Å². The number of carboxylic acids is 1. The Morgan fingerprint density at radius 3 is 2.56 bits per heavy atom. The molecule has 0 aromatic carbocycles. The molecule has 1 amide bonds. The van der Waals surface area contributed by atoms with Gasteiger partial charge >= 0.3 is 5.97 Å². The summed E-state index contributed by atoms with van der Waals surface area (Å²) in [5.41, 5.74) is 0. The number of rotatable bonds is 6. The van der Waals surface area contributed by atoms with Crippen molar-refractivity contribution in [2.24, 2.45) is 0 Å². The van der Waals surface area contributed by atoms with Crippen LogP contribution < -0.4 is 5.32 Å². The molecule has 0 saturated carbocycles. The Labute approximate surface area is 105 Å². The number of aromatic amines is 1. The summed E-state index contributed by atoms with van der Waals surface area (Å²) >= 11 is 0. The van der Waals surface area contributed by atoms with E-state index in [0.717, 1.165) is 0 Å². The third kappa shape index (κ3) is 3.83. The number of aliphatic carboxylic acids is 1. The highest BCUT2D eigenvalue weighted by atomic mass is 16.4. The van der Waals surface area contributed by atoms with E-state index in [9.17, 15) is 9.59 Å². The molecular formula is C11H18N4O3. The predicted molar refractivity (Wildman–Crippen MR) is 64.3 cm³/mol. The lowest BCUT2D eigenvalue weighted by Gasteiger charge is -2.12. The molecule has 0 fully saturated rings. The van der Waals surface area contributed by atoms with Crippen LogP contribution in [0.4, 0.5) is 0 Å². The monoisotopic (exact) mass is 254 g/mol. The molecule has 1 aromatic heterocycles. The second-order valence-electron chi connectivity index (χ2n) is 4.38. The molecule has 0 aliphatic rings. The molecule has 1 rings (SSSR count). The molecule has 0 spiro atoms. The van der Waals surface area contributed by atoms with Gasteiger partial charge in [-0.15, -0.1) is 5.10 Å². The number of carboxylic acid groups (broad SMARTS) is 1. The molecule has 3 N–H and O–H groups in total. The highest BCUT2D eigenvalue weighted by Crippen LogP contribution is 2.08. The number of hydrogen-bond acceptors (Lipinski definition) is 4. The Bertz CT molecular complexity index is 428. The molecule has 1 unspecified atom stereocenters. The first-order valence-corrected chi connectivity index (χ1v) is 5.89. The van der Waals surface area contributed by atoms with Crippen LogP contribution in [0, 0.1) is 0 Å². The summed E-state index contributed by atoms with van der Waals surface area (Å²) in [6, 6.07) is -0.406. The van der Waals surface area contributed by atoms with Crippen molar-refractivity contribution in [3.8, 4) is 0 Å². The molecule has 0 radical (unpaired) electrons. The van der Waals surface area contributed by atoms with E-state index in [-0.39, 0.29) is 18.2 Å². The highest BCUT2D eigenvalue weighted by molar-refractivity contribution is 5.90. The molecule has 0 bridgehead atoms. The number of nitrogens with zero attached hydrogens (tertiary/aromatic N) is 2. The molecule has 18 heavy (non-hydrogen) atoms. The highest BCUT2D eigenvalue weighted by Gasteiger charge is 2.18. The van der Waals surface area contributed by atoms with Gasteiger partial charge in [0.2, 0.25) is 5.82 Å². The first-order valence-electron chi connectivity index (χ1n) is 5.89. The average Bonchev–Trinajstić information content (AvgIpc) is 2.76. The summed E-state index contributed by atoms with van der Waals surface area (Å²) in [5, 5.41) is 17.8. The van der Waals surface area contributed by atoms with E-state index in [1.807, 2.05) is 20.8 Å². The van der Waals surface area contributed by atoms with Gasteiger partial charge in [-0.25, -0.2) is 4.98 Å². The Morgan fingerprint density at radius 1 is 1.44 bits per heavy atom. The van der Waals surface area contributed by atoms with Crippen molar-refractivity contribution in [2.75, 3.05) is 0 Å². The first-order chi connectivity index (χ1) is 8.43. The third-order valence-corrected chi connectivity index (χ3v) is 2.50. The van der Waals surface area contributed by atoms with Gasteiger partial charge in [-0.05, 0) is 6.42 Å². The van der Waals surface area contributed by atoms with Crippen molar-refractivity contribution in [1.29, 1.82) is 0 Å². The van der Waals surface area contributed by atoms with Gasteiger partial charge in [0.15, 0.2) is 0 Å². The SMILES string of the molecule is CCC(CC(=O)O)NC(=O)c1n[nH]c(C(C)C)n1. The maximum Gasteiger partial charge on any atom is 0.305 e. The second kappa shape index (κ2) is 6.13. The number of nitrogens with one attached hydrogen (secondary N) is 2. The molecule has 1 aromatic rings. The molecule has 7 nitrogen and oxygen atoms in total. The number of hydrogen-bond donors (Lipinski definition) is 3. The smallest absolute Gasteiger partial charge is 0.305 e. The lowest BCUT2D eigenvalue weighted by molar-refractivity contribution is -0.137. The van der Waals surface area contributed by atoms with Crippen LogP contribution in [-0.2, 0) is 4.79 Å². The number of carbonyl (C=O) groups is 2. The maximum absolute atomic E-state index is 11.8. The van der Waals surface area contributed by atoms with Crippen LogP contribution in [0.25, 0.3) is 0 Å². The average molecular weight is 254 g/mol. The molecule has 0 saturated heterocycles. The van der Waals surface area contributed by atoms with Gasteiger partial charge in [0, 0.05) is 12.0 Å². The van der Waals surface area contributed by atoms with Crippen molar-refractivity contribution in [1.82, 2.24) is 20.5 Å². The van der Waals surface area contributed by atoms with Crippen LogP contribution >= 0.6 is 0 Å². The standard InChI is InChI=1S/C11H18N4O3/c1-4-7(5-8(16)17)12-11(18)10-13-9(6(2)3)14-15-10/h6-7H,4-5H2,1-3H3,(H,12,18)(H,16,17)(H,13,14,15). The molecule has 1 heterocycles. The Hall–Kier alpha value is -1.92. The van der Waals surface area contributed by atoms with Gasteiger partial charge in [0.05, 0.1) is 6.42 Å². The third-order valence-electron chi connectivity index (χ3n) is 2.50. The molecule has 0 aliphatic heterocycles. The molecular weight excluding hydrogens is 236 g/mol. The minimum absolute atomic E-state index is 0.0440. The summed E-state index contributed by atoms with van der Waals surface area (Å²) in [5.74, 6) is -0.569. The fraction of sp³-hybridized carbons (Fsp3) is 0.636. The summed E-state index contributed by atoms with van der Waals surface area (Å²) < 4.78 is 0. The van der Waals surface area contributed by atoms with Crippen molar-refractivity contribution in [3.63, 3.8) is 0 Å². The van der Waals surface area contributed by atoms with E-state index >= 15 is 0 Å². The van der Waals surface area contributed by atoms with Gasteiger partial charge < -0.3 is 10.4 Å². The molecule has 100 valence electrons. The van der Waals surface area contributed by atoms with E-state index in [2.05, 4.69) is 20.5 Å². The fourth-order valence-corrected chi connectivity index (χ4v) is 1.39. The van der Waals surface area contributed by atoms with Gasteiger partial charge in [0.1, 0.15) is 5.82 Å². The number of amides is 1. The molecule has 1 atom stereocenters. The summed E-state index contributed by atoms with van der Waals surface area (Å²) in [6.07, 6.45) is 0.434. The normalized spacial score (nSPS) is 12.4. The first kappa shape index (κ1) is 14.1. The quantitative estimate of drug-likeness (QED) is 0.699. The lowest BCUT2D eigenvalue weighted by Crippen LogP contribution is -2.36. The van der Waals surface area contributed by atoms with Crippen molar-refractivity contribution < 1.29 is 14.7 Å². The van der Waals surface area contributed by atoms with Crippen LogP contribution in [0.5, 0.6) is 0 Å². The van der Waals surface area contributed by atoms with E-state index < -0.39 is 17.9 Å². The maximum atomic E-state index is 11.8. The number of aromatic nitrogens is 3. The van der Waals surface area contributed by atoms with Gasteiger partial charge in [0.25, 0.3) is 5.91 Å². The summed E-state index contributed by atoms with van der Waals surface area (Å²) in [4.78, 5) is 26.4.